The van der Waals surface area contributed by atoms with Crippen LogP contribution >= 0.6 is 11.3 Å². The number of carbonyl (C=O) groups is 1. The average Bonchev–Trinajstić information content (AvgIpc) is 3.13. The van der Waals surface area contributed by atoms with Crippen LogP contribution in [-0.2, 0) is 11.3 Å². The van der Waals surface area contributed by atoms with Crippen molar-refractivity contribution in [3.8, 4) is 0 Å². The number of thiazole rings is 1. The highest BCUT2D eigenvalue weighted by atomic mass is 32.1. The third kappa shape index (κ3) is 3.48. The van der Waals surface area contributed by atoms with Crippen molar-refractivity contribution in [2.45, 2.75) is 39.2 Å². The van der Waals surface area contributed by atoms with Gasteiger partial charge in [-0.2, -0.15) is 0 Å². The summed E-state index contributed by atoms with van der Waals surface area (Å²) in [6, 6.07) is 1.80. The molecule has 0 saturated carbocycles. The molecule has 2 aromatic heterocycles. The van der Waals surface area contributed by atoms with Crippen LogP contribution in [0.25, 0.3) is 0 Å². The van der Waals surface area contributed by atoms with Crippen molar-refractivity contribution >= 4 is 17.2 Å². The van der Waals surface area contributed by atoms with Crippen molar-refractivity contribution in [2.24, 2.45) is 0 Å². The third-order valence-corrected chi connectivity index (χ3v) is 5.31. The SMILES string of the molecule is COCc1cc(C(=O)N2CCC[C@@H](c3nc(C)cs3)C2)c(C)o1. The second kappa shape index (κ2) is 6.84. The minimum atomic E-state index is 0.0478. The molecule has 2 aromatic rings. The van der Waals surface area contributed by atoms with E-state index < -0.39 is 0 Å². The van der Waals surface area contributed by atoms with Crippen molar-refractivity contribution in [3.63, 3.8) is 0 Å². The molecular formula is C17H22N2O3S. The van der Waals surface area contributed by atoms with Gasteiger partial charge in [-0.3, -0.25) is 4.79 Å². The number of rotatable bonds is 4. The van der Waals surface area contributed by atoms with E-state index in [4.69, 9.17) is 9.15 Å². The lowest BCUT2D eigenvalue weighted by molar-refractivity contribution is 0.0705. The third-order valence-electron chi connectivity index (χ3n) is 4.18. The molecule has 6 heteroatoms. The Bertz CT molecular complexity index is 692. The largest absolute Gasteiger partial charge is 0.463 e. The first-order chi connectivity index (χ1) is 11.1. The van der Waals surface area contributed by atoms with Gasteiger partial charge in [0.15, 0.2) is 0 Å². The highest BCUT2D eigenvalue weighted by Gasteiger charge is 2.28. The van der Waals surface area contributed by atoms with E-state index in [0.717, 1.165) is 36.6 Å². The fourth-order valence-corrected chi connectivity index (χ4v) is 3.99. The van der Waals surface area contributed by atoms with Gasteiger partial charge in [-0.05, 0) is 32.8 Å². The van der Waals surface area contributed by atoms with Crippen LogP contribution in [0.2, 0.25) is 0 Å². The number of methoxy groups -OCH3 is 1. The molecule has 1 amide bonds. The van der Waals surface area contributed by atoms with E-state index in [-0.39, 0.29) is 5.91 Å². The number of ether oxygens (including phenoxy) is 1. The van der Waals surface area contributed by atoms with Crippen LogP contribution in [0.15, 0.2) is 15.9 Å². The zero-order valence-corrected chi connectivity index (χ0v) is 14.6. The van der Waals surface area contributed by atoms with E-state index in [1.165, 1.54) is 0 Å². The van der Waals surface area contributed by atoms with E-state index in [1.54, 1.807) is 24.5 Å². The minimum absolute atomic E-state index is 0.0478. The first-order valence-electron chi connectivity index (χ1n) is 7.88. The summed E-state index contributed by atoms with van der Waals surface area (Å²) in [7, 11) is 1.62. The van der Waals surface area contributed by atoms with E-state index in [2.05, 4.69) is 10.4 Å². The smallest absolute Gasteiger partial charge is 0.257 e. The molecule has 1 aliphatic rings. The maximum Gasteiger partial charge on any atom is 0.257 e. The molecule has 0 radical (unpaired) electrons. The van der Waals surface area contributed by atoms with Crippen LogP contribution in [0.4, 0.5) is 0 Å². The fraction of sp³-hybridized carbons (Fsp3) is 0.529. The van der Waals surface area contributed by atoms with E-state index in [1.807, 2.05) is 18.7 Å². The normalized spacial score (nSPS) is 18.4. The second-order valence-corrected chi connectivity index (χ2v) is 6.92. The Labute approximate surface area is 140 Å². The number of aryl methyl sites for hydroxylation is 2. The molecule has 0 spiro atoms. The topological polar surface area (TPSA) is 55.6 Å². The summed E-state index contributed by atoms with van der Waals surface area (Å²) in [6.45, 7) is 5.75. The summed E-state index contributed by atoms with van der Waals surface area (Å²) in [6.07, 6.45) is 2.10. The van der Waals surface area contributed by atoms with Crippen LogP contribution in [0.3, 0.4) is 0 Å². The summed E-state index contributed by atoms with van der Waals surface area (Å²) in [4.78, 5) is 19.4. The molecule has 1 atom stereocenters. The lowest BCUT2D eigenvalue weighted by Gasteiger charge is -2.31. The Morgan fingerprint density at radius 2 is 2.35 bits per heavy atom. The Morgan fingerprint density at radius 1 is 1.52 bits per heavy atom. The molecule has 0 N–H and O–H groups in total. The Kier molecular flexibility index (Phi) is 4.82. The van der Waals surface area contributed by atoms with Crippen LogP contribution in [0.5, 0.6) is 0 Å². The molecule has 0 bridgehead atoms. The summed E-state index contributed by atoms with van der Waals surface area (Å²) >= 11 is 1.70. The first-order valence-corrected chi connectivity index (χ1v) is 8.76. The number of hydrogen-bond acceptors (Lipinski definition) is 5. The number of likely N-dealkylation sites (tertiary alicyclic amines) is 1. The van der Waals surface area contributed by atoms with E-state index in [0.29, 0.717) is 29.6 Å². The molecule has 1 fully saturated rings. The highest BCUT2D eigenvalue weighted by molar-refractivity contribution is 7.09. The molecule has 0 unspecified atom stereocenters. The first kappa shape index (κ1) is 16.2. The van der Waals surface area contributed by atoms with Gasteiger partial charge in [0, 0.05) is 37.2 Å². The van der Waals surface area contributed by atoms with Crippen LogP contribution in [0, 0.1) is 13.8 Å². The lowest BCUT2D eigenvalue weighted by Crippen LogP contribution is -2.39. The lowest BCUT2D eigenvalue weighted by atomic mass is 9.98. The predicted octanol–water partition coefficient (Wildman–Crippen LogP) is 3.52. The Morgan fingerprint density at radius 3 is 3.04 bits per heavy atom. The maximum absolute atomic E-state index is 12.8. The van der Waals surface area contributed by atoms with Gasteiger partial charge >= 0.3 is 0 Å². The van der Waals surface area contributed by atoms with Gasteiger partial charge < -0.3 is 14.1 Å². The summed E-state index contributed by atoms with van der Waals surface area (Å²) in [5.74, 6) is 1.75. The number of carbonyl (C=O) groups excluding carboxylic acids is 1. The van der Waals surface area contributed by atoms with Gasteiger partial charge in [0.25, 0.3) is 5.91 Å². The molecular weight excluding hydrogens is 312 g/mol. The van der Waals surface area contributed by atoms with Gasteiger partial charge in [-0.15, -0.1) is 11.3 Å². The molecule has 5 nitrogen and oxygen atoms in total. The molecule has 0 aliphatic carbocycles. The van der Waals surface area contributed by atoms with Crippen molar-refractivity contribution in [1.82, 2.24) is 9.88 Å². The molecule has 124 valence electrons. The van der Waals surface area contributed by atoms with Crippen molar-refractivity contribution in [1.29, 1.82) is 0 Å². The molecule has 1 aliphatic heterocycles. The fourth-order valence-electron chi connectivity index (χ4n) is 3.06. The van der Waals surface area contributed by atoms with Gasteiger partial charge in [0.1, 0.15) is 18.1 Å². The second-order valence-electron chi connectivity index (χ2n) is 6.03. The highest BCUT2D eigenvalue weighted by Crippen LogP contribution is 2.30. The van der Waals surface area contributed by atoms with Crippen molar-refractivity contribution < 1.29 is 13.9 Å². The summed E-state index contributed by atoms with van der Waals surface area (Å²) in [5, 5.41) is 3.22. The van der Waals surface area contributed by atoms with Crippen LogP contribution in [-0.4, -0.2) is 36.0 Å². The Hall–Kier alpha value is -1.66. The Balaban J connectivity index is 1.74. The summed E-state index contributed by atoms with van der Waals surface area (Å²) < 4.78 is 10.7. The molecule has 23 heavy (non-hydrogen) atoms. The number of furan rings is 1. The minimum Gasteiger partial charge on any atom is -0.463 e. The average molecular weight is 334 g/mol. The summed E-state index contributed by atoms with van der Waals surface area (Å²) in [5.41, 5.74) is 1.70. The van der Waals surface area contributed by atoms with Crippen LogP contribution in [0.1, 0.15) is 51.3 Å². The number of piperidine rings is 1. The predicted molar refractivity (Wildman–Crippen MR) is 88.9 cm³/mol. The standard InChI is InChI=1S/C17H22N2O3S/c1-11-10-23-16(18-11)13-5-4-6-19(8-13)17(20)15-7-14(9-21-3)22-12(15)2/h7,10,13H,4-6,8-9H2,1-3H3/t13-/m1/s1. The quantitative estimate of drug-likeness (QED) is 0.858. The molecule has 3 heterocycles. The zero-order chi connectivity index (χ0) is 16.4. The van der Waals surface area contributed by atoms with E-state index in [9.17, 15) is 4.79 Å². The molecule has 3 rings (SSSR count). The number of amides is 1. The van der Waals surface area contributed by atoms with Crippen molar-refractivity contribution in [2.75, 3.05) is 20.2 Å². The van der Waals surface area contributed by atoms with E-state index >= 15 is 0 Å². The zero-order valence-electron chi connectivity index (χ0n) is 13.8. The van der Waals surface area contributed by atoms with Crippen molar-refractivity contribution in [3.05, 3.63) is 39.2 Å². The number of hydrogen-bond donors (Lipinski definition) is 0. The van der Waals surface area contributed by atoms with Gasteiger partial charge in [-0.1, -0.05) is 0 Å². The number of aromatic nitrogens is 1. The van der Waals surface area contributed by atoms with Gasteiger partial charge in [-0.25, -0.2) is 4.98 Å². The maximum atomic E-state index is 12.8. The number of nitrogens with zero attached hydrogens (tertiary/aromatic N) is 2. The van der Waals surface area contributed by atoms with Gasteiger partial charge in [0.2, 0.25) is 0 Å². The van der Waals surface area contributed by atoms with Crippen LogP contribution < -0.4 is 0 Å². The molecule has 0 aromatic carbocycles. The monoisotopic (exact) mass is 334 g/mol. The molecule has 1 saturated heterocycles. The van der Waals surface area contributed by atoms with Gasteiger partial charge in [0.05, 0.1) is 10.6 Å².